The van der Waals surface area contributed by atoms with Crippen LogP contribution in [0, 0.1) is 19.8 Å². The van der Waals surface area contributed by atoms with E-state index in [1.807, 2.05) is 0 Å². The lowest BCUT2D eigenvalue weighted by Gasteiger charge is -2.22. The Morgan fingerprint density at radius 1 is 1.24 bits per heavy atom. The second kappa shape index (κ2) is 6.20. The Labute approximate surface area is 106 Å². The van der Waals surface area contributed by atoms with Gasteiger partial charge in [0.15, 0.2) is 0 Å². The van der Waals surface area contributed by atoms with Gasteiger partial charge in [-0.1, -0.05) is 20.8 Å². The van der Waals surface area contributed by atoms with E-state index in [0.717, 1.165) is 19.5 Å². The Balaban J connectivity index is 2.85. The van der Waals surface area contributed by atoms with Crippen LogP contribution < -0.4 is 5.32 Å². The Morgan fingerprint density at radius 3 is 2.35 bits per heavy atom. The molecule has 98 valence electrons. The van der Waals surface area contributed by atoms with E-state index in [1.54, 1.807) is 0 Å². The van der Waals surface area contributed by atoms with Crippen LogP contribution in [0.3, 0.4) is 0 Å². The van der Waals surface area contributed by atoms with Crippen LogP contribution in [-0.2, 0) is 6.42 Å². The second-order valence-corrected chi connectivity index (χ2v) is 4.97. The van der Waals surface area contributed by atoms with Gasteiger partial charge in [-0.25, -0.2) is 0 Å². The zero-order valence-electron chi connectivity index (χ0n) is 12.2. The molecule has 0 aromatic carbocycles. The Morgan fingerprint density at radius 2 is 1.88 bits per heavy atom. The molecule has 0 saturated heterocycles. The van der Waals surface area contributed by atoms with Gasteiger partial charge in [-0.2, -0.15) is 5.10 Å². The molecule has 3 nitrogen and oxygen atoms in total. The van der Waals surface area contributed by atoms with Crippen molar-refractivity contribution in [2.24, 2.45) is 5.92 Å². The molecule has 0 aliphatic rings. The van der Waals surface area contributed by atoms with Crippen molar-refractivity contribution in [3.05, 3.63) is 17.0 Å². The monoisotopic (exact) mass is 237 g/mol. The van der Waals surface area contributed by atoms with Crippen LogP contribution in [0.2, 0.25) is 0 Å². The molecule has 0 aliphatic heterocycles. The first-order valence-electron chi connectivity index (χ1n) is 6.78. The lowest BCUT2D eigenvalue weighted by Crippen LogP contribution is -2.27. The summed E-state index contributed by atoms with van der Waals surface area (Å²) in [7, 11) is 0. The zero-order chi connectivity index (χ0) is 13.0. The fourth-order valence-electron chi connectivity index (χ4n) is 2.39. The summed E-state index contributed by atoms with van der Waals surface area (Å²) >= 11 is 0. The van der Waals surface area contributed by atoms with Crippen LogP contribution in [0.5, 0.6) is 0 Å². The Bertz CT molecular complexity index is 355. The lowest BCUT2D eigenvalue weighted by atomic mass is 10.0. The number of hydrogen-bond donors (Lipinski definition) is 1. The van der Waals surface area contributed by atoms with Gasteiger partial charge >= 0.3 is 0 Å². The zero-order valence-corrected chi connectivity index (χ0v) is 12.2. The molecule has 1 N–H and O–H groups in total. The van der Waals surface area contributed by atoms with Crippen molar-refractivity contribution in [1.82, 2.24) is 15.1 Å². The summed E-state index contributed by atoms with van der Waals surface area (Å²) in [4.78, 5) is 0. The van der Waals surface area contributed by atoms with Crippen molar-refractivity contribution in [1.29, 1.82) is 0 Å². The molecule has 17 heavy (non-hydrogen) atoms. The summed E-state index contributed by atoms with van der Waals surface area (Å²) in [5.74, 6) is 0.595. The summed E-state index contributed by atoms with van der Waals surface area (Å²) in [6.07, 6.45) is 1.08. The lowest BCUT2D eigenvalue weighted by molar-refractivity contribution is 0.333. The van der Waals surface area contributed by atoms with Gasteiger partial charge in [0.25, 0.3) is 0 Å². The minimum absolute atomic E-state index is 0.452. The van der Waals surface area contributed by atoms with E-state index < -0.39 is 0 Å². The third-order valence-electron chi connectivity index (χ3n) is 3.75. The quantitative estimate of drug-likeness (QED) is 0.824. The second-order valence-electron chi connectivity index (χ2n) is 4.97. The van der Waals surface area contributed by atoms with Gasteiger partial charge in [0.05, 0.1) is 11.7 Å². The molecule has 0 radical (unpaired) electrons. The van der Waals surface area contributed by atoms with E-state index in [0.29, 0.717) is 12.0 Å². The largest absolute Gasteiger partial charge is 0.317 e. The summed E-state index contributed by atoms with van der Waals surface area (Å²) in [6, 6.07) is 0.452. The van der Waals surface area contributed by atoms with E-state index in [-0.39, 0.29) is 0 Å². The van der Waals surface area contributed by atoms with Crippen LogP contribution in [0.4, 0.5) is 0 Å². The standard InChI is InChI=1S/C14H27N3/c1-7-14-11(4)16-17(13(14)6)12(5)10(3)9-15-8-2/h10,12,15H,7-9H2,1-6H3. The average Bonchev–Trinajstić information content (AvgIpc) is 2.60. The van der Waals surface area contributed by atoms with Crippen molar-refractivity contribution in [2.75, 3.05) is 13.1 Å². The Kier molecular flexibility index (Phi) is 5.19. The number of aryl methyl sites for hydroxylation is 1. The molecule has 0 saturated carbocycles. The first-order valence-corrected chi connectivity index (χ1v) is 6.78. The summed E-state index contributed by atoms with van der Waals surface area (Å²) in [5, 5.41) is 8.11. The molecule has 0 amide bonds. The number of hydrogen-bond acceptors (Lipinski definition) is 2. The molecule has 1 rings (SSSR count). The van der Waals surface area contributed by atoms with Gasteiger partial charge in [-0.05, 0) is 51.8 Å². The molecule has 0 bridgehead atoms. The predicted octanol–water partition coefficient (Wildman–Crippen LogP) is 2.87. The van der Waals surface area contributed by atoms with Crippen molar-refractivity contribution < 1.29 is 0 Å². The molecule has 1 aromatic rings. The van der Waals surface area contributed by atoms with E-state index in [1.165, 1.54) is 17.0 Å². The van der Waals surface area contributed by atoms with Gasteiger partial charge in [0.1, 0.15) is 0 Å². The maximum Gasteiger partial charge on any atom is 0.0628 e. The molecule has 1 aromatic heterocycles. The van der Waals surface area contributed by atoms with E-state index in [4.69, 9.17) is 5.10 Å². The first kappa shape index (κ1) is 14.2. The smallest absolute Gasteiger partial charge is 0.0628 e. The van der Waals surface area contributed by atoms with Gasteiger partial charge in [-0.15, -0.1) is 0 Å². The SMILES string of the molecule is CCNCC(C)C(C)n1nc(C)c(CC)c1C. The molecule has 1 heterocycles. The molecule has 0 spiro atoms. The van der Waals surface area contributed by atoms with Gasteiger partial charge < -0.3 is 5.32 Å². The molecular formula is C14H27N3. The Hall–Kier alpha value is -0.830. The highest BCUT2D eigenvalue weighted by Gasteiger charge is 2.19. The average molecular weight is 237 g/mol. The maximum absolute atomic E-state index is 4.70. The van der Waals surface area contributed by atoms with Crippen molar-refractivity contribution in [2.45, 2.75) is 54.0 Å². The van der Waals surface area contributed by atoms with Gasteiger partial charge in [0, 0.05) is 5.69 Å². The predicted molar refractivity (Wildman–Crippen MR) is 73.5 cm³/mol. The number of nitrogens with zero attached hydrogens (tertiary/aromatic N) is 2. The maximum atomic E-state index is 4.70. The highest BCUT2D eigenvalue weighted by molar-refractivity contribution is 5.24. The number of nitrogens with one attached hydrogen (secondary N) is 1. The summed E-state index contributed by atoms with van der Waals surface area (Å²) in [6.45, 7) is 15.3. The third kappa shape index (κ3) is 3.09. The van der Waals surface area contributed by atoms with Gasteiger partial charge in [-0.3, -0.25) is 4.68 Å². The highest BCUT2D eigenvalue weighted by Crippen LogP contribution is 2.22. The van der Waals surface area contributed by atoms with E-state index >= 15 is 0 Å². The molecule has 0 fully saturated rings. The first-order chi connectivity index (χ1) is 8.02. The van der Waals surface area contributed by atoms with Crippen LogP contribution >= 0.6 is 0 Å². The number of aromatic nitrogens is 2. The fourth-order valence-corrected chi connectivity index (χ4v) is 2.39. The topological polar surface area (TPSA) is 29.9 Å². The highest BCUT2D eigenvalue weighted by atomic mass is 15.3. The minimum Gasteiger partial charge on any atom is -0.317 e. The van der Waals surface area contributed by atoms with Crippen LogP contribution in [0.15, 0.2) is 0 Å². The molecule has 0 aliphatic carbocycles. The third-order valence-corrected chi connectivity index (χ3v) is 3.75. The van der Waals surface area contributed by atoms with Crippen LogP contribution in [0.25, 0.3) is 0 Å². The van der Waals surface area contributed by atoms with Gasteiger partial charge in [0.2, 0.25) is 0 Å². The molecule has 3 heteroatoms. The molecular weight excluding hydrogens is 210 g/mol. The van der Waals surface area contributed by atoms with Crippen molar-refractivity contribution >= 4 is 0 Å². The molecule has 2 unspecified atom stereocenters. The van der Waals surface area contributed by atoms with E-state index in [9.17, 15) is 0 Å². The van der Waals surface area contributed by atoms with Crippen molar-refractivity contribution in [3.63, 3.8) is 0 Å². The molecule has 2 atom stereocenters. The fraction of sp³-hybridized carbons (Fsp3) is 0.786. The van der Waals surface area contributed by atoms with E-state index in [2.05, 4.69) is 51.5 Å². The van der Waals surface area contributed by atoms with Crippen LogP contribution in [0.1, 0.15) is 50.7 Å². The summed E-state index contributed by atoms with van der Waals surface area (Å²) in [5.41, 5.74) is 3.93. The number of rotatable bonds is 6. The van der Waals surface area contributed by atoms with Crippen LogP contribution in [-0.4, -0.2) is 22.9 Å². The minimum atomic E-state index is 0.452. The van der Waals surface area contributed by atoms with Crippen molar-refractivity contribution in [3.8, 4) is 0 Å². The summed E-state index contributed by atoms with van der Waals surface area (Å²) < 4.78 is 2.20. The normalized spacial score (nSPS) is 14.9.